The van der Waals surface area contributed by atoms with Gasteiger partial charge in [0.2, 0.25) is 0 Å². The van der Waals surface area contributed by atoms with Gasteiger partial charge in [0.1, 0.15) is 30.2 Å². The summed E-state index contributed by atoms with van der Waals surface area (Å²) >= 11 is 0. The zero-order valence-corrected chi connectivity index (χ0v) is 21.9. The Morgan fingerprint density at radius 2 is 2.11 bits per heavy atom. The molecule has 11 heteroatoms. The Hall–Kier alpha value is -3.15. The molecule has 3 N–H and O–H groups in total. The van der Waals surface area contributed by atoms with Crippen molar-refractivity contribution in [3.63, 3.8) is 0 Å². The fraction of sp³-hybridized carbons (Fsp3) is 0.462. The van der Waals surface area contributed by atoms with E-state index in [1.54, 1.807) is 6.07 Å². The predicted molar refractivity (Wildman–Crippen MR) is 143 cm³/mol. The highest BCUT2D eigenvalue weighted by Gasteiger charge is 2.21. The number of aromatic nitrogens is 3. The summed E-state index contributed by atoms with van der Waals surface area (Å²) in [5.74, 6) is 1.88. The summed E-state index contributed by atoms with van der Waals surface area (Å²) in [7, 11) is 0. The maximum absolute atomic E-state index is 12.5. The number of amides is 1. The highest BCUT2D eigenvalue weighted by Crippen LogP contribution is 2.25. The number of hydrogen-bond donors (Lipinski definition) is 3. The zero-order chi connectivity index (χ0) is 24.9. The lowest BCUT2D eigenvalue weighted by atomic mass is 9.93. The molecule has 198 valence electrons. The Morgan fingerprint density at radius 1 is 1.24 bits per heavy atom. The van der Waals surface area contributed by atoms with Gasteiger partial charge in [0.05, 0.1) is 11.8 Å². The number of nitrogens with zero attached hydrogens (tertiary/aromatic N) is 4. The van der Waals surface area contributed by atoms with E-state index in [2.05, 4.69) is 42.6 Å². The van der Waals surface area contributed by atoms with Crippen molar-refractivity contribution < 1.29 is 19.1 Å². The van der Waals surface area contributed by atoms with E-state index >= 15 is 0 Å². The van der Waals surface area contributed by atoms with Gasteiger partial charge < -0.3 is 24.9 Å². The minimum absolute atomic E-state index is 0. The number of benzene rings is 1. The first-order valence-corrected chi connectivity index (χ1v) is 12.4. The molecule has 0 radical (unpaired) electrons. The average molecular weight is 527 g/mol. The molecule has 0 bridgehead atoms. The number of hydrogen-bond acceptors (Lipinski definition) is 9. The first kappa shape index (κ1) is 26.9. The van der Waals surface area contributed by atoms with Crippen LogP contribution in [0.25, 0.3) is 0 Å². The molecule has 37 heavy (non-hydrogen) atoms. The Morgan fingerprint density at radius 3 is 2.86 bits per heavy atom. The van der Waals surface area contributed by atoms with E-state index in [9.17, 15) is 9.90 Å². The monoisotopic (exact) mass is 526 g/mol. The van der Waals surface area contributed by atoms with Gasteiger partial charge >= 0.3 is 0 Å². The highest BCUT2D eigenvalue weighted by molar-refractivity contribution is 7.59. The number of nitrogens with one attached hydrogen (secondary N) is 2. The number of aliphatic hydroxyl groups excluding tert-OH is 1. The lowest BCUT2D eigenvalue weighted by molar-refractivity contribution is 0.0838. The van der Waals surface area contributed by atoms with Crippen molar-refractivity contribution >= 4 is 25.2 Å². The third-order valence-electron chi connectivity index (χ3n) is 6.81. The SMILES string of the molecule is Cc1ncoc1COc1ccc2c(c1)CCN(C[C@@H](O)CNC(=O)c1cc(NC3CCC3)ncn1)C2.S. The van der Waals surface area contributed by atoms with Crippen LogP contribution in [-0.2, 0) is 19.6 Å². The van der Waals surface area contributed by atoms with Gasteiger partial charge in [-0.25, -0.2) is 15.0 Å². The van der Waals surface area contributed by atoms with E-state index in [4.69, 9.17) is 9.15 Å². The fourth-order valence-corrected chi connectivity index (χ4v) is 4.43. The van der Waals surface area contributed by atoms with Crippen molar-refractivity contribution in [3.8, 4) is 5.75 Å². The van der Waals surface area contributed by atoms with Crippen LogP contribution in [-0.4, -0.2) is 62.6 Å². The van der Waals surface area contributed by atoms with Crippen molar-refractivity contribution in [1.29, 1.82) is 0 Å². The van der Waals surface area contributed by atoms with Crippen molar-refractivity contribution in [1.82, 2.24) is 25.2 Å². The first-order chi connectivity index (χ1) is 17.5. The van der Waals surface area contributed by atoms with E-state index in [1.807, 2.05) is 13.0 Å². The number of oxazole rings is 1. The van der Waals surface area contributed by atoms with Crippen molar-refractivity contribution in [3.05, 3.63) is 65.3 Å². The Kier molecular flexibility index (Phi) is 9.01. The van der Waals surface area contributed by atoms with Crippen molar-refractivity contribution in [2.45, 2.75) is 57.9 Å². The largest absolute Gasteiger partial charge is 0.486 e. The van der Waals surface area contributed by atoms with Crippen molar-refractivity contribution in [2.24, 2.45) is 0 Å². The van der Waals surface area contributed by atoms with Crippen LogP contribution >= 0.6 is 13.5 Å². The maximum Gasteiger partial charge on any atom is 0.270 e. The van der Waals surface area contributed by atoms with Gasteiger partial charge in [-0.3, -0.25) is 9.69 Å². The molecular formula is C26H34N6O4S. The van der Waals surface area contributed by atoms with Gasteiger partial charge in [-0.15, -0.1) is 0 Å². The van der Waals surface area contributed by atoms with E-state index in [0.29, 0.717) is 30.7 Å². The van der Waals surface area contributed by atoms with Gasteiger partial charge in [0.25, 0.3) is 5.91 Å². The van der Waals surface area contributed by atoms with Crippen LogP contribution in [0.3, 0.4) is 0 Å². The molecule has 1 fully saturated rings. The Labute approximate surface area is 223 Å². The Bertz CT molecular complexity index is 1200. The fourth-order valence-electron chi connectivity index (χ4n) is 4.43. The molecule has 1 saturated carbocycles. The second-order valence-electron chi connectivity index (χ2n) is 9.49. The molecule has 0 spiro atoms. The van der Waals surface area contributed by atoms with Crippen LogP contribution in [0, 0.1) is 6.92 Å². The summed E-state index contributed by atoms with van der Waals surface area (Å²) < 4.78 is 11.2. The first-order valence-electron chi connectivity index (χ1n) is 12.4. The van der Waals surface area contributed by atoms with Crippen LogP contribution < -0.4 is 15.4 Å². The second-order valence-corrected chi connectivity index (χ2v) is 9.49. The second kappa shape index (κ2) is 12.4. The number of anilines is 1. The van der Waals surface area contributed by atoms with Crippen LogP contribution in [0.5, 0.6) is 5.75 Å². The number of carbonyl (C=O) groups is 1. The van der Waals surface area contributed by atoms with Crippen LogP contribution in [0.2, 0.25) is 0 Å². The lowest BCUT2D eigenvalue weighted by Gasteiger charge is -2.30. The average Bonchev–Trinajstić information content (AvgIpc) is 3.28. The molecule has 1 atom stereocenters. The van der Waals surface area contributed by atoms with Crippen LogP contribution in [0.1, 0.15) is 52.3 Å². The lowest BCUT2D eigenvalue weighted by Crippen LogP contribution is -2.42. The molecule has 3 aromatic rings. The summed E-state index contributed by atoms with van der Waals surface area (Å²) in [6.45, 7) is 4.44. The van der Waals surface area contributed by atoms with Crippen LogP contribution in [0.4, 0.5) is 5.82 Å². The van der Waals surface area contributed by atoms with E-state index in [-0.39, 0.29) is 25.9 Å². The molecule has 2 aliphatic rings. The van der Waals surface area contributed by atoms with E-state index in [0.717, 1.165) is 49.6 Å². The number of fused-ring (bicyclic) bond motifs is 1. The smallest absolute Gasteiger partial charge is 0.270 e. The quantitative estimate of drug-likeness (QED) is 0.365. The van der Waals surface area contributed by atoms with Gasteiger partial charge in [-0.2, -0.15) is 13.5 Å². The molecule has 2 aromatic heterocycles. The van der Waals surface area contributed by atoms with Crippen molar-refractivity contribution in [2.75, 3.05) is 25.0 Å². The van der Waals surface area contributed by atoms with E-state index in [1.165, 1.54) is 30.3 Å². The van der Waals surface area contributed by atoms with Gasteiger partial charge in [-0.05, 0) is 55.9 Å². The highest BCUT2D eigenvalue weighted by atomic mass is 32.1. The number of β-amino-alcohol motifs (C(OH)–C–C–N with tert-alkyl or cyclic N) is 1. The molecule has 10 nitrogen and oxygen atoms in total. The molecule has 1 aliphatic heterocycles. The number of aryl methyl sites for hydroxylation is 1. The number of aliphatic hydroxyl groups is 1. The standard InChI is InChI=1S/C26H32N6O4.H2S/c1-17-24(36-16-30-17)14-35-22-6-5-19-12-32(8-7-18(19)9-22)13-21(33)11-27-26(34)23-10-25(29-15-28-23)31-20-3-2-4-20;/h5-6,9-10,15-16,20-21,33H,2-4,7-8,11-14H2,1H3,(H,27,34)(H,28,29,31);1H2/t21-;/m0./s1. The van der Waals surface area contributed by atoms with Gasteiger partial charge in [0, 0.05) is 38.3 Å². The summed E-state index contributed by atoms with van der Waals surface area (Å²) in [5.41, 5.74) is 3.59. The molecule has 5 rings (SSSR count). The molecule has 0 saturated heterocycles. The minimum atomic E-state index is -0.683. The zero-order valence-electron chi connectivity index (χ0n) is 20.9. The van der Waals surface area contributed by atoms with Crippen LogP contribution in [0.15, 0.2) is 41.4 Å². The minimum Gasteiger partial charge on any atom is -0.486 e. The summed E-state index contributed by atoms with van der Waals surface area (Å²) in [4.78, 5) is 27.1. The molecule has 1 aliphatic carbocycles. The molecular weight excluding hydrogens is 492 g/mol. The van der Waals surface area contributed by atoms with Gasteiger partial charge in [-0.1, -0.05) is 6.07 Å². The molecule has 0 unspecified atom stereocenters. The Balaban J connectivity index is 0.00000320. The third-order valence-corrected chi connectivity index (χ3v) is 6.81. The summed E-state index contributed by atoms with van der Waals surface area (Å²) in [6, 6.07) is 8.19. The molecule has 1 amide bonds. The third kappa shape index (κ3) is 7.00. The summed E-state index contributed by atoms with van der Waals surface area (Å²) in [6.07, 6.45) is 6.46. The number of ether oxygens (including phenoxy) is 1. The van der Waals surface area contributed by atoms with E-state index < -0.39 is 6.10 Å². The summed E-state index contributed by atoms with van der Waals surface area (Å²) in [5, 5.41) is 16.7. The predicted octanol–water partition coefficient (Wildman–Crippen LogP) is 2.58. The molecule has 1 aromatic carbocycles. The number of rotatable bonds is 10. The topological polar surface area (TPSA) is 126 Å². The number of carbonyl (C=O) groups excluding carboxylic acids is 1. The van der Waals surface area contributed by atoms with Gasteiger partial charge in [0.15, 0.2) is 12.2 Å². The normalized spacial score (nSPS) is 16.2. The maximum atomic E-state index is 12.5. The molecule has 3 heterocycles.